The number of piperidine rings is 1. The second kappa shape index (κ2) is 12.2. The number of carboxylic acid groups (broad SMARTS) is 2. The third-order valence-electron chi connectivity index (χ3n) is 6.70. The van der Waals surface area contributed by atoms with Gasteiger partial charge < -0.3 is 24.8 Å². The molecule has 1 saturated heterocycles. The number of nitrogens with zero attached hydrogens (tertiary/aromatic N) is 1. The van der Waals surface area contributed by atoms with Crippen molar-refractivity contribution >= 4 is 33.6 Å². The smallest absolute Gasteiger partial charge is 0.414 e. The highest BCUT2D eigenvalue weighted by atomic mass is 16.5. The minimum atomic E-state index is -1.82. The summed E-state index contributed by atoms with van der Waals surface area (Å²) in [5.41, 5.74) is 2.66. The number of fused-ring (bicyclic) bond motifs is 2. The number of ether oxygens (including phenoxy) is 1. The number of hydrogen-bond acceptors (Lipinski definition) is 4. The predicted octanol–water partition coefficient (Wildman–Crippen LogP) is 5.52. The fourth-order valence-electron chi connectivity index (χ4n) is 4.75. The fraction of sp³-hybridized carbons (Fsp3) is 0.310. The lowest BCUT2D eigenvalue weighted by Gasteiger charge is -2.32. The second-order valence-electron chi connectivity index (χ2n) is 9.08. The highest BCUT2D eigenvalue weighted by Crippen LogP contribution is 2.30. The molecule has 2 heterocycles. The van der Waals surface area contributed by atoms with Crippen LogP contribution in [-0.2, 0) is 9.59 Å². The molecule has 7 heteroatoms. The van der Waals surface area contributed by atoms with Gasteiger partial charge in [0.25, 0.3) is 0 Å². The maximum atomic E-state index is 9.10. The summed E-state index contributed by atoms with van der Waals surface area (Å²) >= 11 is 0. The Hall–Kier alpha value is -3.84. The Morgan fingerprint density at radius 2 is 1.64 bits per heavy atom. The van der Waals surface area contributed by atoms with Crippen LogP contribution in [0.3, 0.4) is 0 Å². The number of carbonyl (C=O) groups is 2. The molecule has 36 heavy (non-hydrogen) atoms. The summed E-state index contributed by atoms with van der Waals surface area (Å²) in [7, 11) is 0. The first-order chi connectivity index (χ1) is 17.5. The van der Waals surface area contributed by atoms with Gasteiger partial charge in [-0.3, -0.25) is 0 Å². The Morgan fingerprint density at radius 3 is 2.39 bits per heavy atom. The van der Waals surface area contributed by atoms with Crippen LogP contribution in [-0.4, -0.2) is 58.3 Å². The standard InChI is InChI=1S/C27H30N2O.C2H2O4/c1-2-7-23-20-24(11-10-21(23)6-1)22-13-17-29(18-14-22)16-3-4-19-30-27-9-5-8-26-25(27)12-15-28-26;3-1(4)2(5)6/h1-2,5-12,15,20,22,28H,3-4,13-14,16-19H2;(H,3,4)(H,5,6). The van der Waals surface area contributed by atoms with Crippen LogP contribution in [0.4, 0.5) is 0 Å². The molecule has 3 N–H and O–H groups in total. The van der Waals surface area contributed by atoms with Gasteiger partial charge in [0.2, 0.25) is 0 Å². The van der Waals surface area contributed by atoms with Gasteiger partial charge in [-0.15, -0.1) is 0 Å². The maximum absolute atomic E-state index is 9.10. The number of aromatic nitrogens is 1. The highest BCUT2D eigenvalue weighted by Gasteiger charge is 2.20. The van der Waals surface area contributed by atoms with Crippen molar-refractivity contribution in [1.82, 2.24) is 9.88 Å². The largest absolute Gasteiger partial charge is 0.493 e. The average molecular weight is 489 g/mol. The first-order valence-corrected chi connectivity index (χ1v) is 12.4. The van der Waals surface area contributed by atoms with E-state index >= 15 is 0 Å². The van der Waals surface area contributed by atoms with Crippen LogP contribution in [0.15, 0.2) is 72.9 Å². The van der Waals surface area contributed by atoms with E-state index in [9.17, 15) is 0 Å². The van der Waals surface area contributed by atoms with Crippen molar-refractivity contribution in [3.63, 3.8) is 0 Å². The zero-order valence-corrected chi connectivity index (χ0v) is 20.2. The number of benzene rings is 3. The monoisotopic (exact) mass is 488 g/mol. The lowest BCUT2D eigenvalue weighted by Crippen LogP contribution is -2.33. The summed E-state index contributed by atoms with van der Waals surface area (Å²) in [5, 5.41) is 18.7. The summed E-state index contributed by atoms with van der Waals surface area (Å²) in [5.74, 6) is -1.95. The number of rotatable bonds is 7. The van der Waals surface area contributed by atoms with Gasteiger partial charge in [0.1, 0.15) is 5.75 Å². The molecule has 0 spiro atoms. The van der Waals surface area contributed by atoms with Crippen molar-refractivity contribution < 1.29 is 24.5 Å². The Kier molecular flexibility index (Phi) is 8.57. The van der Waals surface area contributed by atoms with E-state index in [-0.39, 0.29) is 0 Å². The van der Waals surface area contributed by atoms with Gasteiger partial charge in [0.15, 0.2) is 0 Å². The molecule has 0 amide bonds. The predicted molar refractivity (Wildman–Crippen MR) is 141 cm³/mol. The molecule has 0 aliphatic carbocycles. The van der Waals surface area contributed by atoms with Gasteiger partial charge in [0, 0.05) is 17.1 Å². The normalized spacial score (nSPS) is 14.3. The van der Waals surface area contributed by atoms with Gasteiger partial charge in [-0.25, -0.2) is 9.59 Å². The number of carboxylic acids is 2. The van der Waals surface area contributed by atoms with Crippen LogP contribution < -0.4 is 4.74 Å². The van der Waals surface area contributed by atoms with Crippen molar-refractivity contribution in [2.75, 3.05) is 26.2 Å². The van der Waals surface area contributed by atoms with Crippen LogP contribution in [0.1, 0.15) is 37.2 Å². The summed E-state index contributed by atoms with van der Waals surface area (Å²) in [6.45, 7) is 4.39. The zero-order chi connectivity index (χ0) is 25.3. The number of likely N-dealkylation sites (tertiary alicyclic amines) is 1. The van der Waals surface area contributed by atoms with Crippen molar-refractivity contribution in [3.05, 3.63) is 78.5 Å². The van der Waals surface area contributed by atoms with E-state index in [1.54, 1.807) is 0 Å². The molecule has 0 radical (unpaired) electrons. The Balaban J connectivity index is 0.000000455. The Bertz CT molecular complexity index is 1300. The van der Waals surface area contributed by atoms with Crippen molar-refractivity contribution in [1.29, 1.82) is 0 Å². The average Bonchev–Trinajstić information content (AvgIpc) is 3.39. The molecule has 0 saturated carbocycles. The van der Waals surface area contributed by atoms with Crippen LogP contribution in [0.2, 0.25) is 0 Å². The third-order valence-corrected chi connectivity index (χ3v) is 6.70. The maximum Gasteiger partial charge on any atom is 0.414 e. The molecule has 0 atom stereocenters. The zero-order valence-electron chi connectivity index (χ0n) is 20.2. The minimum Gasteiger partial charge on any atom is -0.493 e. The molecule has 1 aromatic heterocycles. The number of aromatic amines is 1. The lowest BCUT2D eigenvalue weighted by atomic mass is 9.88. The molecule has 5 rings (SSSR count). The van der Waals surface area contributed by atoms with Gasteiger partial charge >= 0.3 is 11.9 Å². The topological polar surface area (TPSA) is 103 Å². The summed E-state index contributed by atoms with van der Waals surface area (Å²) < 4.78 is 6.04. The van der Waals surface area contributed by atoms with E-state index in [4.69, 9.17) is 24.5 Å². The molecule has 188 valence electrons. The fourth-order valence-corrected chi connectivity index (χ4v) is 4.75. The molecule has 1 fully saturated rings. The number of nitrogens with one attached hydrogen (secondary N) is 1. The molecule has 0 bridgehead atoms. The van der Waals surface area contributed by atoms with Crippen molar-refractivity contribution in [2.45, 2.75) is 31.6 Å². The molecule has 1 aliphatic heterocycles. The molecular weight excluding hydrogens is 456 g/mol. The van der Waals surface area contributed by atoms with Crippen molar-refractivity contribution in [3.8, 4) is 5.75 Å². The summed E-state index contributed by atoms with van der Waals surface area (Å²) in [6, 6.07) is 24.0. The number of H-pyrrole nitrogens is 1. The van der Waals surface area contributed by atoms with Crippen LogP contribution >= 0.6 is 0 Å². The highest BCUT2D eigenvalue weighted by molar-refractivity contribution is 6.27. The Morgan fingerprint density at radius 1 is 0.889 bits per heavy atom. The van der Waals surface area contributed by atoms with Crippen LogP contribution in [0.25, 0.3) is 21.7 Å². The first kappa shape index (κ1) is 25.3. The quantitative estimate of drug-likeness (QED) is 0.234. The van der Waals surface area contributed by atoms with Gasteiger partial charge in [0.05, 0.1) is 6.61 Å². The summed E-state index contributed by atoms with van der Waals surface area (Å²) in [6.07, 6.45) is 6.81. The summed E-state index contributed by atoms with van der Waals surface area (Å²) in [4.78, 5) is 24.1. The molecule has 0 unspecified atom stereocenters. The van der Waals surface area contributed by atoms with Gasteiger partial charge in [-0.2, -0.15) is 0 Å². The lowest BCUT2D eigenvalue weighted by molar-refractivity contribution is -0.159. The Labute approximate surface area is 210 Å². The van der Waals surface area contributed by atoms with Crippen molar-refractivity contribution in [2.24, 2.45) is 0 Å². The molecule has 4 aromatic rings. The van der Waals surface area contributed by atoms with Gasteiger partial charge in [-0.05, 0) is 85.8 Å². The first-order valence-electron chi connectivity index (χ1n) is 12.4. The van der Waals surface area contributed by atoms with Crippen LogP contribution in [0.5, 0.6) is 5.75 Å². The molecule has 1 aliphatic rings. The van der Waals surface area contributed by atoms with E-state index in [2.05, 4.69) is 70.5 Å². The number of aliphatic carboxylic acids is 2. The van der Waals surface area contributed by atoms with E-state index in [1.807, 2.05) is 12.3 Å². The van der Waals surface area contributed by atoms with Crippen LogP contribution in [0, 0.1) is 0 Å². The van der Waals surface area contributed by atoms with E-state index in [0.717, 1.165) is 24.3 Å². The molecular formula is C29H32N2O5. The molecule has 3 aromatic carbocycles. The number of unbranched alkanes of at least 4 members (excludes halogenated alkanes) is 1. The van der Waals surface area contributed by atoms with E-state index in [0.29, 0.717) is 5.92 Å². The van der Waals surface area contributed by atoms with Gasteiger partial charge in [-0.1, -0.05) is 48.5 Å². The number of hydrogen-bond donors (Lipinski definition) is 3. The van der Waals surface area contributed by atoms with E-state index < -0.39 is 11.9 Å². The minimum absolute atomic E-state index is 0.705. The SMILES string of the molecule is O=C(O)C(=O)O.c1ccc2cc(C3CCN(CCCCOc4cccc5[nH]ccc45)CC3)ccc2c1. The van der Waals surface area contributed by atoms with E-state index in [1.165, 1.54) is 60.6 Å². The second-order valence-corrected chi connectivity index (χ2v) is 9.08. The molecule has 7 nitrogen and oxygen atoms in total. The third kappa shape index (κ3) is 6.64.